The van der Waals surface area contributed by atoms with Gasteiger partial charge in [0.25, 0.3) is 5.91 Å². The van der Waals surface area contributed by atoms with Crippen LogP contribution in [0.1, 0.15) is 25.3 Å². The molecule has 1 aromatic carbocycles. The summed E-state index contributed by atoms with van der Waals surface area (Å²) in [4.78, 5) is 34.7. The number of carbonyl (C=O) groups excluding carboxylic acids is 3. The maximum Gasteiger partial charge on any atom is 0.327 e. The van der Waals surface area contributed by atoms with Crippen molar-refractivity contribution in [1.29, 1.82) is 0 Å². The first kappa shape index (κ1) is 19.6. The first-order valence-electron chi connectivity index (χ1n) is 8.03. The van der Waals surface area contributed by atoms with Crippen molar-refractivity contribution < 1.29 is 23.9 Å². The molecule has 9 heteroatoms. The van der Waals surface area contributed by atoms with Gasteiger partial charge in [-0.05, 0) is 43.5 Å². The van der Waals surface area contributed by atoms with Crippen molar-refractivity contribution in [1.82, 2.24) is 16.2 Å². The zero-order valence-corrected chi connectivity index (χ0v) is 15.2. The summed E-state index contributed by atoms with van der Waals surface area (Å²) in [6.45, 7) is 2.26. The number of carbonyl (C=O) groups is 3. The number of benzene rings is 1. The third kappa shape index (κ3) is 5.66. The van der Waals surface area contributed by atoms with Gasteiger partial charge < -0.3 is 14.8 Å². The maximum absolute atomic E-state index is 11.8. The van der Waals surface area contributed by atoms with E-state index in [4.69, 9.17) is 21.1 Å². The first-order chi connectivity index (χ1) is 12.4. The normalized spacial score (nSPS) is 13.2. The quantitative estimate of drug-likeness (QED) is 0.390. The Morgan fingerprint density at radius 3 is 2.58 bits per heavy atom. The highest BCUT2D eigenvalue weighted by molar-refractivity contribution is 6.35. The molecule has 1 fully saturated rings. The molecule has 1 saturated carbocycles. The van der Waals surface area contributed by atoms with Crippen molar-refractivity contribution in [2.45, 2.75) is 25.8 Å². The number of ether oxygens (including phenoxy) is 2. The van der Waals surface area contributed by atoms with Gasteiger partial charge in [-0.25, -0.2) is 0 Å². The van der Waals surface area contributed by atoms with E-state index in [1.165, 1.54) is 19.3 Å². The number of hydrogen-bond donors (Lipinski definition) is 3. The van der Waals surface area contributed by atoms with Crippen molar-refractivity contribution in [3.8, 4) is 11.5 Å². The summed E-state index contributed by atoms with van der Waals surface area (Å²) < 4.78 is 10.6. The molecule has 8 nitrogen and oxygen atoms in total. The monoisotopic (exact) mass is 381 g/mol. The molecule has 1 aliphatic rings. The van der Waals surface area contributed by atoms with Gasteiger partial charge in [-0.3, -0.25) is 25.2 Å². The Hall–Kier alpha value is -2.74. The Bertz CT molecular complexity index is 731. The van der Waals surface area contributed by atoms with E-state index in [2.05, 4.69) is 10.7 Å². The lowest BCUT2D eigenvalue weighted by atomic mass is 10.2. The third-order valence-electron chi connectivity index (χ3n) is 3.39. The largest absolute Gasteiger partial charge is 0.493 e. The topological polar surface area (TPSA) is 106 Å². The molecule has 26 heavy (non-hydrogen) atoms. The number of hydrogen-bond acceptors (Lipinski definition) is 5. The summed E-state index contributed by atoms with van der Waals surface area (Å²) >= 11 is 6.15. The molecule has 0 heterocycles. The van der Waals surface area contributed by atoms with E-state index in [1.807, 2.05) is 12.3 Å². The van der Waals surface area contributed by atoms with E-state index in [0.29, 0.717) is 28.7 Å². The average molecular weight is 382 g/mol. The highest BCUT2D eigenvalue weighted by Crippen LogP contribution is 2.36. The van der Waals surface area contributed by atoms with Crippen LogP contribution < -0.4 is 25.6 Å². The van der Waals surface area contributed by atoms with E-state index in [0.717, 1.165) is 12.8 Å². The van der Waals surface area contributed by atoms with Crippen molar-refractivity contribution in [2.75, 3.05) is 13.7 Å². The van der Waals surface area contributed by atoms with Gasteiger partial charge >= 0.3 is 11.8 Å². The maximum atomic E-state index is 11.8. The van der Waals surface area contributed by atoms with Crippen LogP contribution in [0.5, 0.6) is 11.5 Å². The summed E-state index contributed by atoms with van der Waals surface area (Å²) in [5.74, 6) is -1.46. The molecule has 0 unspecified atom stereocenters. The van der Waals surface area contributed by atoms with E-state index < -0.39 is 17.7 Å². The molecule has 3 amide bonds. The molecular weight excluding hydrogens is 362 g/mol. The Balaban J connectivity index is 1.91. The molecule has 0 saturated heterocycles. The second-order valence-corrected chi connectivity index (χ2v) is 5.90. The predicted octanol–water partition coefficient (Wildman–Crippen LogP) is 1.19. The summed E-state index contributed by atoms with van der Waals surface area (Å²) in [6.07, 6.45) is 4.39. The minimum Gasteiger partial charge on any atom is -0.493 e. The second-order valence-electron chi connectivity index (χ2n) is 5.49. The first-order valence-corrected chi connectivity index (χ1v) is 8.41. The van der Waals surface area contributed by atoms with E-state index in [-0.39, 0.29) is 6.04 Å². The SMILES string of the molecule is CCOc1c(Cl)cc(/C=C/C(=O)NNC(=O)C(=O)NC2CC2)cc1OC. The lowest BCUT2D eigenvalue weighted by molar-refractivity contribution is -0.140. The molecule has 0 aromatic heterocycles. The molecule has 140 valence electrons. The lowest BCUT2D eigenvalue weighted by Gasteiger charge is -2.11. The van der Waals surface area contributed by atoms with E-state index in [1.54, 1.807) is 12.1 Å². The Morgan fingerprint density at radius 2 is 1.96 bits per heavy atom. The molecule has 0 aliphatic heterocycles. The Morgan fingerprint density at radius 1 is 1.23 bits per heavy atom. The van der Waals surface area contributed by atoms with Crippen LogP contribution >= 0.6 is 11.6 Å². The molecule has 1 aliphatic carbocycles. The predicted molar refractivity (Wildman–Crippen MR) is 95.7 cm³/mol. The molecule has 0 radical (unpaired) electrons. The highest BCUT2D eigenvalue weighted by Gasteiger charge is 2.26. The second kappa shape index (κ2) is 9.10. The molecule has 0 spiro atoms. The summed E-state index contributed by atoms with van der Waals surface area (Å²) in [7, 11) is 1.48. The molecule has 0 atom stereocenters. The van der Waals surface area contributed by atoms with Crippen molar-refractivity contribution >= 4 is 35.4 Å². The highest BCUT2D eigenvalue weighted by atomic mass is 35.5. The number of rotatable bonds is 6. The van der Waals surface area contributed by atoms with Crippen molar-refractivity contribution in [2.24, 2.45) is 0 Å². The number of methoxy groups -OCH3 is 1. The molecule has 1 aromatic rings. The number of halogens is 1. The van der Waals surface area contributed by atoms with Gasteiger partial charge in [0.15, 0.2) is 11.5 Å². The fourth-order valence-electron chi connectivity index (χ4n) is 1.99. The summed E-state index contributed by atoms with van der Waals surface area (Å²) in [5, 5.41) is 2.85. The zero-order chi connectivity index (χ0) is 19.1. The third-order valence-corrected chi connectivity index (χ3v) is 3.67. The fourth-order valence-corrected chi connectivity index (χ4v) is 2.26. The minimum atomic E-state index is -0.926. The fraction of sp³-hybridized carbons (Fsp3) is 0.353. The number of amides is 3. The minimum absolute atomic E-state index is 0.0586. The number of hydrazine groups is 1. The van der Waals surface area contributed by atoms with Gasteiger partial charge in [0.05, 0.1) is 18.7 Å². The lowest BCUT2D eigenvalue weighted by Crippen LogP contribution is -2.48. The van der Waals surface area contributed by atoms with E-state index in [9.17, 15) is 14.4 Å². The van der Waals surface area contributed by atoms with Gasteiger partial charge in [-0.1, -0.05) is 11.6 Å². The molecular formula is C17H20ClN3O5. The van der Waals surface area contributed by atoms with Crippen molar-refractivity contribution in [3.63, 3.8) is 0 Å². The van der Waals surface area contributed by atoms with Crippen LogP contribution in [0.3, 0.4) is 0 Å². The van der Waals surface area contributed by atoms with Crippen LogP contribution in [0.25, 0.3) is 6.08 Å². The summed E-state index contributed by atoms with van der Waals surface area (Å²) in [6, 6.07) is 3.33. The van der Waals surface area contributed by atoms with Crippen LogP contribution in [0.15, 0.2) is 18.2 Å². The van der Waals surface area contributed by atoms with E-state index >= 15 is 0 Å². The van der Waals surface area contributed by atoms with Crippen LogP contribution in [0.4, 0.5) is 0 Å². The Kier molecular flexibility index (Phi) is 6.85. The molecule has 2 rings (SSSR count). The summed E-state index contributed by atoms with van der Waals surface area (Å²) in [5.41, 5.74) is 4.77. The van der Waals surface area contributed by atoms with Crippen LogP contribution in [0, 0.1) is 0 Å². The van der Waals surface area contributed by atoms with Crippen LogP contribution in [-0.2, 0) is 14.4 Å². The smallest absolute Gasteiger partial charge is 0.327 e. The van der Waals surface area contributed by atoms with Crippen LogP contribution in [0.2, 0.25) is 5.02 Å². The van der Waals surface area contributed by atoms with Crippen molar-refractivity contribution in [3.05, 3.63) is 28.8 Å². The van der Waals surface area contributed by atoms with Gasteiger partial charge in [0.2, 0.25) is 0 Å². The van der Waals surface area contributed by atoms with Gasteiger partial charge in [-0.15, -0.1) is 0 Å². The van der Waals surface area contributed by atoms with Gasteiger partial charge in [-0.2, -0.15) is 0 Å². The number of nitrogens with one attached hydrogen (secondary N) is 3. The average Bonchev–Trinajstić information content (AvgIpc) is 3.43. The van der Waals surface area contributed by atoms with Gasteiger partial charge in [0, 0.05) is 12.1 Å². The van der Waals surface area contributed by atoms with Gasteiger partial charge in [0.1, 0.15) is 0 Å². The van der Waals surface area contributed by atoms with Crippen LogP contribution in [-0.4, -0.2) is 37.5 Å². The molecule has 3 N–H and O–H groups in total. The molecule has 0 bridgehead atoms. The zero-order valence-electron chi connectivity index (χ0n) is 14.4. The standard InChI is InChI=1S/C17H20ClN3O5/c1-3-26-15-12(18)8-10(9-13(15)25-2)4-7-14(22)20-21-17(24)16(23)19-11-5-6-11/h4,7-9,11H,3,5-6H2,1-2H3,(H,19,23)(H,20,22)(H,21,24)/b7-4+. The Labute approximate surface area is 155 Å².